The number of hydrogen-bond donors (Lipinski definition) is 0. The number of carbonyl (C=O) groups excluding carboxylic acids is 2. The molecule has 24 heavy (non-hydrogen) atoms. The maximum absolute atomic E-state index is 12.5. The first-order valence-electron chi connectivity index (χ1n) is 9.71. The third-order valence-corrected chi connectivity index (χ3v) is 8.35. The van der Waals surface area contributed by atoms with Crippen LogP contribution >= 0.6 is 0 Å². The number of methoxy groups -OCH3 is 1. The highest BCUT2D eigenvalue weighted by atomic mass is 16.5. The highest BCUT2D eigenvalue weighted by molar-refractivity contribution is 5.87. The minimum atomic E-state index is -0.301. The number of carbonyl (C=O) groups is 2. The van der Waals surface area contributed by atoms with Gasteiger partial charge in [0.2, 0.25) is 0 Å². The maximum atomic E-state index is 12.5. The van der Waals surface area contributed by atoms with E-state index < -0.39 is 0 Å². The van der Waals surface area contributed by atoms with Gasteiger partial charge in [0.25, 0.3) is 0 Å². The molecule has 7 atom stereocenters. The minimum absolute atomic E-state index is 0.112. The van der Waals surface area contributed by atoms with E-state index >= 15 is 0 Å². The van der Waals surface area contributed by atoms with Gasteiger partial charge in [-0.2, -0.15) is 0 Å². The average molecular weight is 330 g/mol. The van der Waals surface area contributed by atoms with Gasteiger partial charge in [-0.15, -0.1) is 0 Å². The van der Waals surface area contributed by atoms with Gasteiger partial charge in [-0.05, 0) is 62.2 Å². The molecule has 0 aromatic heterocycles. The third kappa shape index (κ3) is 1.94. The van der Waals surface area contributed by atoms with Crippen molar-refractivity contribution in [3.63, 3.8) is 0 Å². The first kappa shape index (κ1) is 16.5. The number of ether oxygens (including phenoxy) is 1. The van der Waals surface area contributed by atoms with Crippen molar-refractivity contribution in [3.05, 3.63) is 11.6 Å². The first-order chi connectivity index (χ1) is 11.5. The van der Waals surface area contributed by atoms with Crippen molar-refractivity contribution in [2.75, 3.05) is 7.11 Å². The van der Waals surface area contributed by atoms with Gasteiger partial charge in [-0.25, -0.2) is 0 Å². The van der Waals surface area contributed by atoms with Crippen molar-refractivity contribution in [1.82, 2.24) is 0 Å². The number of allylic oxidation sites excluding steroid dienone is 1. The Morgan fingerprint density at radius 1 is 1.21 bits per heavy atom. The lowest BCUT2D eigenvalue weighted by Crippen LogP contribution is -2.55. The summed E-state index contributed by atoms with van der Waals surface area (Å²) in [5.41, 5.74) is 0.918. The van der Waals surface area contributed by atoms with Gasteiger partial charge in [-0.3, -0.25) is 4.79 Å². The lowest BCUT2D eigenvalue weighted by atomic mass is 9.45. The van der Waals surface area contributed by atoms with Crippen molar-refractivity contribution >= 4 is 12.1 Å². The van der Waals surface area contributed by atoms with Crippen LogP contribution in [0.3, 0.4) is 0 Å². The monoisotopic (exact) mass is 330 g/mol. The molecule has 4 aliphatic carbocycles. The van der Waals surface area contributed by atoms with Crippen molar-refractivity contribution in [2.24, 2.45) is 34.5 Å². The van der Waals surface area contributed by atoms with E-state index in [1.807, 2.05) is 0 Å². The zero-order valence-electron chi connectivity index (χ0n) is 15.2. The third-order valence-electron chi connectivity index (χ3n) is 8.35. The SMILES string of the molecule is COC1C=C2CC[C@@H]3[C@@H](CC[C@]4(C)C(=O)CC[C@@H]34)[C@@]2(C=O)C(C)C1. The van der Waals surface area contributed by atoms with Gasteiger partial charge < -0.3 is 9.53 Å². The van der Waals surface area contributed by atoms with E-state index in [4.69, 9.17) is 4.74 Å². The molecule has 2 unspecified atom stereocenters. The Kier molecular flexibility index (Phi) is 3.80. The Labute approximate surface area is 145 Å². The molecular weight excluding hydrogens is 300 g/mol. The van der Waals surface area contributed by atoms with Crippen LogP contribution in [0.15, 0.2) is 11.6 Å². The molecule has 0 N–H and O–H groups in total. The fraction of sp³-hybridized carbons (Fsp3) is 0.810. The molecule has 0 heterocycles. The minimum Gasteiger partial charge on any atom is -0.377 e. The zero-order chi connectivity index (χ0) is 17.1. The van der Waals surface area contributed by atoms with Crippen LogP contribution < -0.4 is 0 Å². The molecule has 3 nitrogen and oxygen atoms in total. The fourth-order valence-electron chi connectivity index (χ4n) is 7.02. The zero-order valence-corrected chi connectivity index (χ0v) is 15.2. The lowest BCUT2D eigenvalue weighted by molar-refractivity contribution is -0.139. The van der Waals surface area contributed by atoms with Crippen LogP contribution in [0.2, 0.25) is 0 Å². The van der Waals surface area contributed by atoms with Gasteiger partial charge in [0, 0.05) is 18.9 Å². The smallest absolute Gasteiger partial charge is 0.139 e. The van der Waals surface area contributed by atoms with E-state index in [0.717, 1.165) is 44.9 Å². The van der Waals surface area contributed by atoms with Crippen molar-refractivity contribution in [2.45, 2.75) is 64.9 Å². The normalized spacial score (nSPS) is 50.5. The summed E-state index contributed by atoms with van der Waals surface area (Å²) in [6.45, 7) is 4.44. The molecule has 0 aromatic carbocycles. The molecule has 3 saturated carbocycles. The van der Waals surface area contributed by atoms with Crippen LogP contribution in [-0.2, 0) is 14.3 Å². The van der Waals surface area contributed by atoms with E-state index in [-0.39, 0.29) is 16.9 Å². The summed E-state index contributed by atoms with van der Waals surface area (Å²) in [5, 5.41) is 0. The van der Waals surface area contributed by atoms with E-state index in [2.05, 4.69) is 19.9 Å². The molecule has 132 valence electrons. The van der Waals surface area contributed by atoms with Crippen LogP contribution in [0.4, 0.5) is 0 Å². The summed E-state index contributed by atoms with van der Waals surface area (Å²) < 4.78 is 5.60. The van der Waals surface area contributed by atoms with Gasteiger partial charge in [0.05, 0.1) is 11.5 Å². The fourth-order valence-corrected chi connectivity index (χ4v) is 7.02. The molecule has 0 aromatic rings. The first-order valence-corrected chi connectivity index (χ1v) is 9.71. The van der Waals surface area contributed by atoms with Crippen LogP contribution in [-0.4, -0.2) is 25.3 Å². The molecule has 3 heteroatoms. The van der Waals surface area contributed by atoms with Crippen molar-refractivity contribution in [1.29, 1.82) is 0 Å². The summed E-state index contributed by atoms with van der Waals surface area (Å²) in [7, 11) is 1.77. The number of aldehydes is 1. The number of hydrogen-bond acceptors (Lipinski definition) is 3. The van der Waals surface area contributed by atoms with Crippen molar-refractivity contribution < 1.29 is 14.3 Å². The number of ketones is 1. The predicted molar refractivity (Wildman–Crippen MR) is 92.4 cm³/mol. The average Bonchev–Trinajstić information content (AvgIpc) is 2.89. The molecular formula is C21H30O3. The Hall–Kier alpha value is -0.960. The van der Waals surface area contributed by atoms with E-state index in [1.165, 1.54) is 11.9 Å². The summed E-state index contributed by atoms with van der Waals surface area (Å²) >= 11 is 0. The van der Waals surface area contributed by atoms with E-state index in [1.54, 1.807) is 7.11 Å². The van der Waals surface area contributed by atoms with Gasteiger partial charge in [0.1, 0.15) is 12.1 Å². The summed E-state index contributed by atoms with van der Waals surface area (Å²) in [6.07, 6.45) is 10.6. The number of fused-ring (bicyclic) bond motifs is 5. The molecule has 0 bridgehead atoms. The standard InChI is InChI=1S/C21H30O3/c1-13-10-15(24-3)11-14-4-5-16-17-6-7-19(23)20(17,2)9-8-18(16)21(13,14)12-22/h11-13,15-18H,4-10H2,1-3H3/t13?,15?,16-,17-,18+,20-,21-/m0/s1. The van der Waals surface area contributed by atoms with Crippen LogP contribution in [0.5, 0.6) is 0 Å². The second kappa shape index (κ2) is 5.52. The molecule has 0 saturated heterocycles. The van der Waals surface area contributed by atoms with Gasteiger partial charge >= 0.3 is 0 Å². The highest BCUT2D eigenvalue weighted by Gasteiger charge is 2.61. The summed E-state index contributed by atoms with van der Waals surface area (Å²) in [5.74, 6) is 2.26. The largest absolute Gasteiger partial charge is 0.377 e. The molecule has 4 aliphatic rings. The maximum Gasteiger partial charge on any atom is 0.139 e. The van der Waals surface area contributed by atoms with Crippen LogP contribution in [0.25, 0.3) is 0 Å². The quantitative estimate of drug-likeness (QED) is 0.568. The molecule has 3 fully saturated rings. The Bertz CT molecular complexity index is 594. The predicted octanol–water partition coefficient (Wildman–Crippen LogP) is 3.96. The Morgan fingerprint density at radius 3 is 2.71 bits per heavy atom. The number of rotatable bonds is 2. The summed E-state index contributed by atoms with van der Waals surface area (Å²) in [4.78, 5) is 24.9. The van der Waals surface area contributed by atoms with E-state index in [0.29, 0.717) is 29.5 Å². The number of Topliss-reactive ketones (excluding diaryl/α,β-unsaturated/α-hetero) is 1. The van der Waals surface area contributed by atoms with Crippen LogP contribution in [0, 0.1) is 34.5 Å². The van der Waals surface area contributed by atoms with Gasteiger partial charge in [-0.1, -0.05) is 25.5 Å². The van der Waals surface area contributed by atoms with Crippen LogP contribution in [0.1, 0.15) is 58.8 Å². The lowest BCUT2D eigenvalue weighted by Gasteiger charge is -2.58. The summed E-state index contributed by atoms with van der Waals surface area (Å²) in [6, 6.07) is 0. The molecule has 0 aliphatic heterocycles. The van der Waals surface area contributed by atoms with Crippen molar-refractivity contribution in [3.8, 4) is 0 Å². The second-order valence-electron chi connectivity index (χ2n) is 8.99. The Morgan fingerprint density at radius 2 is 2.00 bits per heavy atom. The van der Waals surface area contributed by atoms with Gasteiger partial charge in [0.15, 0.2) is 0 Å². The molecule has 4 rings (SSSR count). The van der Waals surface area contributed by atoms with E-state index in [9.17, 15) is 9.59 Å². The molecule has 0 radical (unpaired) electrons. The Balaban J connectivity index is 1.74. The molecule has 0 spiro atoms. The molecule has 0 amide bonds. The highest BCUT2D eigenvalue weighted by Crippen LogP contribution is 2.65. The second-order valence-corrected chi connectivity index (χ2v) is 8.99. The topological polar surface area (TPSA) is 43.4 Å².